The molecular formula is C15H16BrFN2. The highest BCUT2D eigenvalue weighted by atomic mass is 79.9. The van der Waals surface area contributed by atoms with E-state index in [0.29, 0.717) is 0 Å². The molecule has 0 aliphatic rings. The fourth-order valence-electron chi connectivity index (χ4n) is 2.01. The van der Waals surface area contributed by atoms with E-state index < -0.39 is 0 Å². The molecule has 100 valence electrons. The Morgan fingerprint density at radius 3 is 2.47 bits per heavy atom. The Labute approximate surface area is 120 Å². The van der Waals surface area contributed by atoms with E-state index in [1.165, 1.54) is 12.1 Å². The van der Waals surface area contributed by atoms with Gasteiger partial charge in [-0.3, -0.25) is 11.3 Å². The molecule has 0 spiro atoms. The summed E-state index contributed by atoms with van der Waals surface area (Å²) in [5.74, 6) is 5.41. The maximum Gasteiger partial charge on any atom is 0.123 e. The highest BCUT2D eigenvalue weighted by Crippen LogP contribution is 2.23. The molecular weight excluding hydrogens is 307 g/mol. The van der Waals surface area contributed by atoms with Crippen LogP contribution in [0.3, 0.4) is 0 Å². The van der Waals surface area contributed by atoms with E-state index >= 15 is 0 Å². The number of nitrogens with two attached hydrogens (primary N) is 1. The summed E-state index contributed by atoms with van der Waals surface area (Å²) >= 11 is 3.48. The Balaban J connectivity index is 2.19. The lowest BCUT2D eigenvalue weighted by Crippen LogP contribution is -2.29. The molecule has 0 aromatic heterocycles. The minimum Gasteiger partial charge on any atom is -0.271 e. The van der Waals surface area contributed by atoms with E-state index in [2.05, 4.69) is 27.4 Å². The minimum absolute atomic E-state index is 0.0114. The van der Waals surface area contributed by atoms with Crippen molar-refractivity contribution in [3.63, 3.8) is 0 Å². The molecule has 2 nitrogen and oxygen atoms in total. The molecule has 2 rings (SSSR count). The van der Waals surface area contributed by atoms with Gasteiger partial charge in [0.1, 0.15) is 5.82 Å². The summed E-state index contributed by atoms with van der Waals surface area (Å²) in [5, 5.41) is 0. The van der Waals surface area contributed by atoms with Crippen LogP contribution < -0.4 is 11.3 Å². The van der Waals surface area contributed by atoms with Crippen molar-refractivity contribution in [1.29, 1.82) is 0 Å². The Bertz CT molecular complexity index is 555. The summed E-state index contributed by atoms with van der Waals surface area (Å²) in [7, 11) is 0. The van der Waals surface area contributed by atoms with Gasteiger partial charge in [-0.25, -0.2) is 4.39 Å². The van der Waals surface area contributed by atoms with Crippen molar-refractivity contribution in [2.45, 2.75) is 19.4 Å². The number of hydrazine groups is 1. The van der Waals surface area contributed by atoms with Gasteiger partial charge >= 0.3 is 0 Å². The molecule has 2 aromatic carbocycles. The van der Waals surface area contributed by atoms with Crippen LogP contribution in [0.5, 0.6) is 0 Å². The lowest BCUT2D eigenvalue weighted by molar-refractivity contribution is 0.550. The standard InChI is InChI=1S/C15H16BrFN2/c1-10-8-12(4-7-14(10)16)15(19-18)9-11-2-5-13(17)6-3-11/h2-8,15,19H,9,18H2,1H3. The van der Waals surface area contributed by atoms with Gasteiger partial charge in [0, 0.05) is 10.5 Å². The molecule has 0 fully saturated rings. The third-order valence-corrected chi connectivity index (χ3v) is 4.03. The van der Waals surface area contributed by atoms with Gasteiger partial charge in [0.25, 0.3) is 0 Å². The van der Waals surface area contributed by atoms with Crippen LogP contribution in [0.25, 0.3) is 0 Å². The van der Waals surface area contributed by atoms with Gasteiger partial charge in [0.05, 0.1) is 0 Å². The topological polar surface area (TPSA) is 38.0 Å². The van der Waals surface area contributed by atoms with Gasteiger partial charge in [-0.15, -0.1) is 0 Å². The number of halogens is 2. The quantitative estimate of drug-likeness (QED) is 0.666. The van der Waals surface area contributed by atoms with Gasteiger partial charge in [-0.05, 0) is 48.2 Å². The second-order valence-corrected chi connectivity index (χ2v) is 5.41. The summed E-state index contributed by atoms with van der Waals surface area (Å²) in [6.45, 7) is 2.04. The van der Waals surface area contributed by atoms with E-state index in [9.17, 15) is 4.39 Å². The molecule has 1 atom stereocenters. The molecule has 3 N–H and O–H groups in total. The Morgan fingerprint density at radius 2 is 1.89 bits per heavy atom. The van der Waals surface area contributed by atoms with E-state index in [1.54, 1.807) is 12.1 Å². The van der Waals surface area contributed by atoms with Crippen LogP contribution in [0.2, 0.25) is 0 Å². The van der Waals surface area contributed by atoms with Crippen LogP contribution in [0.4, 0.5) is 4.39 Å². The predicted octanol–water partition coefficient (Wildman–Crippen LogP) is 3.64. The number of hydrogen-bond acceptors (Lipinski definition) is 2. The van der Waals surface area contributed by atoms with Crippen LogP contribution in [0.1, 0.15) is 22.7 Å². The zero-order valence-electron chi connectivity index (χ0n) is 10.7. The third-order valence-electron chi connectivity index (χ3n) is 3.14. The van der Waals surface area contributed by atoms with E-state index in [0.717, 1.165) is 27.6 Å². The normalized spacial score (nSPS) is 12.4. The average molecular weight is 323 g/mol. The van der Waals surface area contributed by atoms with E-state index in [4.69, 9.17) is 5.84 Å². The smallest absolute Gasteiger partial charge is 0.123 e. The van der Waals surface area contributed by atoms with Crippen molar-refractivity contribution in [3.8, 4) is 0 Å². The SMILES string of the molecule is Cc1cc(C(Cc2ccc(F)cc2)NN)ccc1Br. The molecule has 19 heavy (non-hydrogen) atoms. The highest BCUT2D eigenvalue weighted by Gasteiger charge is 2.11. The van der Waals surface area contributed by atoms with Crippen molar-refractivity contribution < 1.29 is 4.39 Å². The fraction of sp³-hybridized carbons (Fsp3) is 0.200. The number of hydrogen-bond donors (Lipinski definition) is 2. The molecule has 0 amide bonds. The molecule has 2 aromatic rings. The van der Waals surface area contributed by atoms with Crippen LogP contribution in [0.15, 0.2) is 46.9 Å². The summed E-state index contributed by atoms with van der Waals surface area (Å²) in [6, 6.07) is 12.7. The first-order valence-corrected chi connectivity index (χ1v) is 6.86. The Hall–Kier alpha value is -1.23. The van der Waals surface area contributed by atoms with Gasteiger partial charge in [0.2, 0.25) is 0 Å². The van der Waals surface area contributed by atoms with Crippen molar-refractivity contribution in [3.05, 3.63) is 69.4 Å². The lowest BCUT2D eigenvalue weighted by atomic mass is 9.98. The van der Waals surface area contributed by atoms with E-state index in [-0.39, 0.29) is 11.9 Å². The van der Waals surface area contributed by atoms with E-state index in [1.807, 2.05) is 19.1 Å². The second kappa shape index (κ2) is 6.28. The number of nitrogens with one attached hydrogen (secondary N) is 1. The third kappa shape index (κ3) is 3.62. The summed E-state index contributed by atoms with van der Waals surface area (Å²) < 4.78 is 14.0. The largest absolute Gasteiger partial charge is 0.271 e. The van der Waals surface area contributed by atoms with Crippen LogP contribution in [-0.4, -0.2) is 0 Å². The molecule has 0 radical (unpaired) electrons. The number of benzene rings is 2. The maximum absolute atomic E-state index is 12.9. The first-order chi connectivity index (χ1) is 9.10. The second-order valence-electron chi connectivity index (χ2n) is 4.56. The maximum atomic E-state index is 12.9. The summed E-state index contributed by atoms with van der Waals surface area (Å²) in [6.07, 6.45) is 0.720. The highest BCUT2D eigenvalue weighted by molar-refractivity contribution is 9.10. The average Bonchev–Trinajstić information content (AvgIpc) is 2.41. The number of aryl methyl sites for hydroxylation is 1. The van der Waals surface area contributed by atoms with Crippen LogP contribution in [-0.2, 0) is 6.42 Å². The van der Waals surface area contributed by atoms with Crippen LogP contribution in [0, 0.1) is 12.7 Å². The molecule has 4 heteroatoms. The van der Waals surface area contributed by atoms with Gasteiger partial charge in [0.15, 0.2) is 0 Å². The van der Waals surface area contributed by atoms with Gasteiger partial charge < -0.3 is 0 Å². The molecule has 0 saturated heterocycles. The lowest BCUT2D eigenvalue weighted by Gasteiger charge is -2.17. The fourth-order valence-corrected chi connectivity index (χ4v) is 2.26. The molecule has 0 bridgehead atoms. The van der Waals surface area contributed by atoms with Gasteiger partial charge in [-0.1, -0.05) is 40.2 Å². The minimum atomic E-state index is -0.222. The zero-order valence-corrected chi connectivity index (χ0v) is 12.2. The molecule has 0 heterocycles. The monoisotopic (exact) mass is 322 g/mol. The van der Waals surface area contributed by atoms with Crippen molar-refractivity contribution >= 4 is 15.9 Å². The van der Waals surface area contributed by atoms with Crippen molar-refractivity contribution in [2.24, 2.45) is 5.84 Å². The summed E-state index contributed by atoms with van der Waals surface area (Å²) in [4.78, 5) is 0. The van der Waals surface area contributed by atoms with Crippen LogP contribution >= 0.6 is 15.9 Å². The first-order valence-electron chi connectivity index (χ1n) is 6.07. The zero-order chi connectivity index (χ0) is 13.8. The molecule has 0 aliphatic heterocycles. The van der Waals surface area contributed by atoms with Crippen molar-refractivity contribution in [1.82, 2.24) is 5.43 Å². The Kier molecular flexibility index (Phi) is 4.69. The summed E-state index contributed by atoms with van der Waals surface area (Å²) in [5.41, 5.74) is 6.15. The van der Waals surface area contributed by atoms with Gasteiger partial charge in [-0.2, -0.15) is 0 Å². The molecule has 0 aliphatic carbocycles. The number of rotatable bonds is 4. The molecule has 1 unspecified atom stereocenters. The predicted molar refractivity (Wildman–Crippen MR) is 79.0 cm³/mol. The Morgan fingerprint density at radius 1 is 1.21 bits per heavy atom. The van der Waals surface area contributed by atoms with Crippen molar-refractivity contribution in [2.75, 3.05) is 0 Å². The first kappa shape index (κ1) is 14.2. The molecule has 0 saturated carbocycles.